The molecule has 6 heteroatoms. The summed E-state index contributed by atoms with van der Waals surface area (Å²) in [5.41, 5.74) is 4.31. The van der Waals surface area contributed by atoms with Gasteiger partial charge in [-0.3, -0.25) is 4.79 Å². The minimum Gasteiger partial charge on any atom is -0.492 e. The summed E-state index contributed by atoms with van der Waals surface area (Å²) in [5.74, 6) is 3.15. The summed E-state index contributed by atoms with van der Waals surface area (Å²) in [6.07, 6.45) is 1.48. The zero-order valence-corrected chi connectivity index (χ0v) is 22.9. The van der Waals surface area contributed by atoms with Gasteiger partial charge in [-0.25, -0.2) is 0 Å². The Morgan fingerprint density at radius 2 is 1.73 bits per heavy atom. The van der Waals surface area contributed by atoms with E-state index in [1.807, 2.05) is 13.0 Å². The number of halogens is 1. The number of hydrogen-bond acceptors (Lipinski definition) is 5. The van der Waals surface area contributed by atoms with Crippen molar-refractivity contribution in [2.24, 2.45) is 5.92 Å². The molecular weight excluding hydrogens is 488 g/mol. The first-order chi connectivity index (χ1) is 17.7. The van der Waals surface area contributed by atoms with Gasteiger partial charge in [0.1, 0.15) is 23.0 Å². The average molecular weight is 523 g/mol. The van der Waals surface area contributed by atoms with E-state index in [1.54, 1.807) is 19.1 Å². The van der Waals surface area contributed by atoms with E-state index in [1.165, 1.54) is 18.1 Å². The highest BCUT2D eigenvalue weighted by molar-refractivity contribution is 6.33. The first kappa shape index (κ1) is 26.9. The molecule has 0 N–H and O–H groups in total. The van der Waals surface area contributed by atoms with Gasteiger partial charge in [0.05, 0.1) is 24.3 Å². The molecule has 0 radical (unpaired) electrons. The van der Waals surface area contributed by atoms with Gasteiger partial charge in [0.15, 0.2) is 0 Å². The lowest BCUT2D eigenvalue weighted by Crippen LogP contribution is -2.17. The van der Waals surface area contributed by atoms with Crippen LogP contribution in [0.5, 0.6) is 23.0 Å². The van der Waals surface area contributed by atoms with Crippen LogP contribution in [-0.2, 0) is 11.2 Å². The van der Waals surface area contributed by atoms with Gasteiger partial charge in [0.2, 0.25) is 0 Å². The molecule has 0 aromatic heterocycles. The zero-order valence-electron chi connectivity index (χ0n) is 22.2. The quantitative estimate of drug-likeness (QED) is 0.203. The lowest BCUT2D eigenvalue weighted by molar-refractivity contribution is -0.131. The van der Waals surface area contributed by atoms with Crippen LogP contribution in [-0.4, -0.2) is 25.3 Å². The van der Waals surface area contributed by atoms with Gasteiger partial charge in [-0.15, -0.1) is 0 Å². The predicted octanol–water partition coefficient (Wildman–Crippen LogP) is 7.53. The van der Waals surface area contributed by atoms with Crippen molar-refractivity contribution in [2.75, 3.05) is 13.2 Å². The molecule has 3 aromatic carbocycles. The van der Waals surface area contributed by atoms with E-state index in [0.29, 0.717) is 47.6 Å². The molecule has 0 saturated heterocycles. The van der Waals surface area contributed by atoms with Crippen molar-refractivity contribution < 1.29 is 23.7 Å². The normalized spacial score (nSPS) is 15.2. The van der Waals surface area contributed by atoms with E-state index in [0.717, 1.165) is 23.5 Å². The summed E-state index contributed by atoms with van der Waals surface area (Å²) in [4.78, 5) is 11.3. The zero-order chi connectivity index (χ0) is 26.5. The Balaban J connectivity index is 1.43. The Labute approximate surface area is 224 Å². The number of hydrogen-bond donors (Lipinski definition) is 0. The van der Waals surface area contributed by atoms with Crippen molar-refractivity contribution in [3.05, 3.63) is 81.9 Å². The largest absolute Gasteiger partial charge is 0.492 e. The van der Waals surface area contributed by atoms with Crippen LogP contribution in [0.4, 0.5) is 0 Å². The fraction of sp³-hybridized carbons (Fsp3) is 0.387. The van der Waals surface area contributed by atoms with Gasteiger partial charge in [-0.05, 0) is 49.9 Å². The summed E-state index contributed by atoms with van der Waals surface area (Å²) in [6, 6.07) is 18.2. The molecule has 0 fully saturated rings. The Hall–Kier alpha value is -3.18. The third-order valence-corrected chi connectivity index (χ3v) is 6.97. The van der Waals surface area contributed by atoms with Gasteiger partial charge < -0.3 is 18.9 Å². The number of esters is 1. The maximum Gasteiger partial charge on any atom is 0.308 e. The number of carbonyl (C=O) groups excluding carboxylic acids is 1. The molecule has 37 heavy (non-hydrogen) atoms. The van der Waals surface area contributed by atoms with Gasteiger partial charge in [0, 0.05) is 36.0 Å². The second-order valence-corrected chi connectivity index (χ2v) is 10.4. The van der Waals surface area contributed by atoms with Crippen molar-refractivity contribution >= 4 is 17.6 Å². The van der Waals surface area contributed by atoms with Crippen molar-refractivity contribution in [1.82, 2.24) is 0 Å². The number of carbonyl (C=O) groups is 1. The van der Waals surface area contributed by atoms with Crippen molar-refractivity contribution in [2.45, 2.75) is 59.5 Å². The predicted molar refractivity (Wildman–Crippen MR) is 146 cm³/mol. The highest BCUT2D eigenvalue weighted by Gasteiger charge is 2.30. The maximum absolute atomic E-state index is 11.3. The van der Waals surface area contributed by atoms with Crippen molar-refractivity contribution in [3.63, 3.8) is 0 Å². The standard InChI is InChI=1S/C31H35ClO5/c1-19(2)17-25-28(12-11-24-26(18-35-31(24)25)23-9-7-6-8-10-23)36-20(3)15-16-34-29-14-13-27(37-22(5)33)21(4)30(29)32/h6-14,19-20,26H,15-18H2,1-5H3. The molecule has 0 saturated carbocycles. The molecule has 4 rings (SSSR count). The summed E-state index contributed by atoms with van der Waals surface area (Å²) in [6.45, 7) is 10.7. The van der Waals surface area contributed by atoms with E-state index < -0.39 is 0 Å². The molecule has 3 aromatic rings. The molecular formula is C31H35ClO5. The van der Waals surface area contributed by atoms with Crippen LogP contribution in [0.1, 0.15) is 62.3 Å². The van der Waals surface area contributed by atoms with Crippen LogP contribution in [0.2, 0.25) is 5.02 Å². The maximum atomic E-state index is 11.3. The third kappa shape index (κ3) is 6.40. The van der Waals surface area contributed by atoms with E-state index in [9.17, 15) is 4.79 Å². The average Bonchev–Trinajstić information content (AvgIpc) is 3.29. The molecule has 2 unspecified atom stereocenters. The number of benzene rings is 3. The van der Waals surface area contributed by atoms with Gasteiger partial charge >= 0.3 is 5.97 Å². The molecule has 5 nitrogen and oxygen atoms in total. The van der Waals surface area contributed by atoms with Gasteiger partial charge in [0.25, 0.3) is 0 Å². The Morgan fingerprint density at radius 1 is 1.03 bits per heavy atom. The molecule has 1 aliphatic heterocycles. The molecule has 0 bridgehead atoms. The fourth-order valence-electron chi connectivity index (χ4n) is 4.63. The van der Waals surface area contributed by atoms with Crippen LogP contribution >= 0.6 is 11.6 Å². The molecule has 0 aliphatic carbocycles. The fourth-order valence-corrected chi connectivity index (χ4v) is 4.84. The highest BCUT2D eigenvalue weighted by atomic mass is 35.5. The lowest BCUT2D eigenvalue weighted by atomic mass is 9.90. The minimum absolute atomic E-state index is 0.0736. The number of rotatable bonds is 10. The summed E-state index contributed by atoms with van der Waals surface area (Å²) in [7, 11) is 0. The van der Waals surface area contributed by atoms with Crippen molar-refractivity contribution in [1.29, 1.82) is 0 Å². The smallest absolute Gasteiger partial charge is 0.308 e. The third-order valence-electron chi connectivity index (χ3n) is 6.50. The Kier molecular flexibility index (Phi) is 8.65. The topological polar surface area (TPSA) is 54.0 Å². The number of fused-ring (bicyclic) bond motifs is 1. The summed E-state index contributed by atoms with van der Waals surface area (Å²) < 4.78 is 23.8. The second-order valence-electron chi connectivity index (χ2n) is 9.99. The van der Waals surface area contributed by atoms with Gasteiger partial charge in [-0.1, -0.05) is 61.8 Å². The SMILES string of the molecule is CC(=O)Oc1ccc(OCCC(C)Oc2ccc3c(c2CC(C)C)OCC3c2ccccc2)c(Cl)c1C. The lowest BCUT2D eigenvalue weighted by Gasteiger charge is -2.21. The van der Waals surface area contributed by atoms with E-state index in [2.05, 4.69) is 50.2 Å². The van der Waals surface area contributed by atoms with Crippen molar-refractivity contribution in [3.8, 4) is 23.0 Å². The Bertz CT molecular complexity index is 1240. The first-order valence-electron chi connectivity index (χ1n) is 12.8. The summed E-state index contributed by atoms with van der Waals surface area (Å²) >= 11 is 6.44. The molecule has 2 atom stereocenters. The number of ether oxygens (including phenoxy) is 4. The second kappa shape index (κ2) is 11.9. The molecule has 196 valence electrons. The van der Waals surface area contributed by atoms with E-state index >= 15 is 0 Å². The van der Waals surface area contributed by atoms with Crippen LogP contribution in [0.25, 0.3) is 0 Å². The highest BCUT2D eigenvalue weighted by Crippen LogP contribution is 2.45. The minimum atomic E-state index is -0.386. The monoisotopic (exact) mass is 522 g/mol. The van der Waals surface area contributed by atoms with E-state index in [4.69, 9.17) is 30.5 Å². The molecule has 1 heterocycles. The molecule has 0 spiro atoms. The Morgan fingerprint density at radius 3 is 2.43 bits per heavy atom. The van der Waals surface area contributed by atoms with Gasteiger partial charge in [-0.2, -0.15) is 0 Å². The molecule has 1 aliphatic rings. The van der Waals surface area contributed by atoms with Crippen LogP contribution in [0.3, 0.4) is 0 Å². The van der Waals surface area contributed by atoms with Crippen LogP contribution < -0.4 is 18.9 Å². The van der Waals surface area contributed by atoms with Crippen LogP contribution in [0.15, 0.2) is 54.6 Å². The molecule has 0 amide bonds. The van der Waals surface area contributed by atoms with E-state index in [-0.39, 0.29) is 18.0 Å². The van der Waals surface area contributed by atoms with Crippen LogP contribution in [0, 0.1) is 12.8 Å². The first-order valence-corrected chi connectivity index (χ1v) is 13.2. The summed E-state index contributed by atoms with van der Waals surface area (Å²) in [5, 5.41) is 0.440.